The van der Waals surface area contributed by atoms with Gasteiger partial charge in [-0.2, -0.15) is 0 Å². The molecule has 0 aliphatic heterocycles. The third-order valence-electron chi connectivity index (χ3n) is 6.66. The lowest BCUT2D eigenvalue weighted by Gasteiger charge is -2.42. The SMILES string of the molecule is CC1C(S(=O)(=O)c2ccccc2)[C@H](C)[C@@H](O[Si](C)(C)C(C)(C)C)CC[C@H]1O. The summed E-state index contributed by atoms with van der Waals surface area (Å²) in [6.07, 6.45) is 0.476. The van der Waals surface area contributed by atoms with Gasteiger partial charge in [0.25, 0.3) is 0 Å². The maximum absolute atomic E-state index is 13.5. The van der Waals surface area contributed by atoms with E-state index in [1.165, 1.54) is 0 Å². The van der Waals surface area contributed by atoms with E-state index in [2.05, 4.69) is 33.9 Å². The topological polar surface area (TPSA) is 63.6 Å². The maximum atomic E-state index is 13.5. The molecule has 2 unspecified atom stereocenters. The van der Waals surface area contributed by atoms with Crippen molar-refractivity contribution in [1.82, 2.24) is 0 Å². The molecule has 1 aliphatic rings. The molecule has 1 N–H and O–H groups in total. The van der Waals surface area contributed by atoms with Crippen LogP contribution in [-0.2, 0) is 14.3 Å². The van der Waals surface area contributed by atoms with Gasteiger partial charge in [0, 0.05) is 6.10 Å². The first-order valence-electron chi connectivity index (χ1n) is 9.94. The first-order chi connectivity index (χ1) is 12.3. The lowest BCUT2D eigenvalue weighted by atomic mass is 9.93. The van der Waals surface area contributed by atoms with Gasteiger partial charge in [-0.05, 0) is 54.9 Å². The van der Waals surface area contributed by atoms with Crippen molar-refractivity contribution in [2.75, 3.05) is 0 Å². The second-order valence-electron chi connectivity index (χ2n) is 9.60. The molecule has 1 aromatic rings. The highest BCUT2D eigenvalue weighted by Crippen LogP contribution is 2.42. The lowest BCUT2D eigenvalue weighted by molar-refractivity contribution is 0.107. The first-order valence-corrected chi connectivity index (χ1v) is 14.4. The fourth-order valence-electron chi connectivity index (χ4n) is 3.82. The molecule has 0 saturated heterocycles. The summed E-state index contributed by atoms with van der Waals surface area (Å²) in [4.78, 5) is 0.328. The Kier molecular flexibility index (Phi) is 6.67. The van der Waals surface area contributed by atoms with Crippen LogP contribution in [0, 0.1) is 11.8 Å². The van der Waals surface area contributed by atoms with E-state index in [0.717, 1.165) is 0 Å². The zero-order valence-corrected chi connectivity index (χ0v) is 19.6. The second-order valence-corrected chi connectivity index (χ2v) is 16.5. The molecule has 1 fully saturated rings. The minimum absolute atomic E-state index is 0.0526. The Hall–Kier alpha value is -0.693. The number of rotatable bonds is 4. The average Bonchev–Trinajstić information content (AvgIpc) is 2.66. The Balaban J connectivity index is 2.43. The molecule has 1 aromatic carbocycles. The molecular weight excluding hydrogens is 376 g/mol. The van der Waals surface area contributed by atoms with Crippen molar-refractivity contribution < 1.29 is 18.0 Å². The van der Waals surface area contributed by atoms with Crippen molar-refractivity contribution in [2.24, 2.45) is 11.8 Å². The van der Waals surface area contributed by atoms with Crippen LogP contribution in [0.25, 0.3) is 0 Å². The molecule has 0 amide bonds. The zero-order valence-electron chi connectivity index (χ0n) is 17.8. The summed E-state index contributed by atoms with van der Waals surface area (Å²) in [5, 5.41) is 10.0. The molecule has 5 atom stereocenters. The standard InChI is InChI=1S/C21H36O4SSi/c1-15-18(22)13-14-19(25-27(6,7)21(3,4)5)16(2)20(15)26(23,24)17-11-9-8-10-12-17/h8-12,15-16,18-20,22H,13-14H2,1-7H3/t15?,16-,18-,19+,20?/m1/s1. The molecule has 154 valence electrons. The van der Waals surface area contributed by atoms with Crippen molar-refractivity contribution in [2.45, 2.75) is 87.9 Å². The van der Waals surface area contributed by atoms with Gasteiger partial charge >= 0.3 is 0 Å². The molecule has 1 saturated carbocycles. The second kappa shape index (κ2) is 7.97. The Morgan fingerprint density at radius 1 is 1.04 bits per heavy atom. The van der Waals surface area contributed by atoms with Gasteiger partial charge in [0.1, 0.15) is 0 Å². The van der Waals surface area contributed by atoms with Gasteiger partial charge < -0.3 is 9.53 Å². The van der Waals surface area contributed by atoms with E-state index >= 15 is 0 Å². The van der Waals surface area contributed by atoms with Gasteiger partial charge in [-0.25, -0.2) is 8.42 Å². The number of benzene rings is 1. The van der Waals surface area contributed by atoms with E-state index < -0.39 is 29.5 Å². The number of aliphatic hydroxyl groups excluding tert-OH is 1. The molecule has 0 aromatic heterocycles. The first kappa shape index (κ1) is 22.6. The normalized spacial score (nSPS) is 30.7. The summed E-state index contributed by atoms with van der Waals surface area (Å²) in [6, 6.07) is 8.61. The quantitative estimate of drug-likeness (QED) is 0.578. The van der Waals surface area contributed by atoms with Crippen LogP contribution in [-0.4, -0.2) is 39.3 Å². The molecule has 0 radical (unpaired) electrons. The fourth-order valence-corrected chi connectivity index (χ4v) is 7.60. The third-order valence-corrected chi connectivity index (χ3v) is 13.7. The van der Waals surface area contributed by atoms with Crippen LogP contribution in [0.4, 0.5) is 0 Å². The van der Waals surface area contributed by atoms with E-state index in [1.54, 1.807) is 24.3 Å². The van der Waals surface area contributed by atoms with Crippen LogP contribution >= 0.6 is 0 Å². The van der Waals surface area contributed by atoms with Gasteiger partial charge in [0.2, 0.25) is 0 Å². The molecule has 1 aliphatic carbocycles. The van der Waals surface area contributed by atoms with Crippen molar-refractivity contribution in [3.05, 3.63) is 30.3 Å². The van der Waals surface area contributed by atoms with Crippen LogP contribution in [0.15, 0.2) is 35.2 Å². The number of hydrogen-bond donors (Lipinski definition) is 1. The predicted molar refractivity (Wildman–Crippen MR) is 113 cm³/mol. The monoisotopic (exact) mass is 412 g/mol. The Morgan fingerprint density at radius 3 is 2.11 bits per heavy atom. The summed E-state index contributed by atoms with van der Waals surface area (Å²) in [6.45, 7) is 14.8. The molecule has 0 bridgehead atoms. The van der Waals surface area contributed by atoms with Crippen LogP contribution in [0.2, 0.25) is 18.1 Å². The van der Waals surface area contributed by atoms with Crippen molar-refractivity contribution in [3.63, 3.8) is 0 Å². The molecule has 0 spiro atoms. The van der Waals surface area contributed by atoms with E-state index in [-0.39, 0.29) is 23.0 Å². The van der Waals surface area contributed by atoms with E-state index in [1.807, 2.05) is 19.9 Å². The van der Waals surface area contributed by atoms with Crippen molar-refractivity contribution in [1.29, 1.82) is 0 Å². The Bertz CT molecular complexity index is 724. The minimum atomic E-state index is -3.57. The number of sulfone groups is 1. The summed E-state index contributed by atoms with van der Waals surface area (Å²) in [7, 11) is -5.61. The Morgan fingerprint density at radius 2 is 1.59 bits per heavy atom. The lowest BCUT2D eigenvalue weighted by Crippen LogP contribution is -2.48. The van der Waals surface area contributed by atoms with Gasteiger partial charge in [-0.3, -0.25) is 0 Å². The average molecular weight is 413 g/mol. The van der Waals surface area contributed by atoms with Gasteiger partial charge in [0.15, 0.2) is 18.2 Å². The summed E-state index contributed by atoms with van der Waals surface area (Å²) >= 11 is 0. The van der Waals surface area contributed by atoms with E-state index in [4.69, 9.17) is 4.43 Å². The Labute approximate surface area is 166 Å². The van der Waals surface area contributed by atoms with Crippen LogP contribution in [0.1, 0.15) is 47.5 Å². The van der Waals surface area contributed by atoms with E-state index in [0.29, 0.717) is 17.7 Å². The third kappa shape index (κ3) is 4.66. The zero-order chi connectivity index (χ0) is 20.6. The molecule has 2 rings (SSSR count). The van der Waals surface area contributed by atoms with Crippen molar-refractivity contribution in [3.8, 4) is 0 Å². The van der Waals surface area contributed by atoms with Crippen LogP contribution in [0.5, 0.6) is 0 Å². The molecule has 4 nitrogen and oxygen atoms in total. The number of aliphatic hydroxyl groups is 1. The minimum Gasteiger partial charge on any atom is -0.414 e. The molecule has 27 heavy (non-hydrogen) atoms. The van der Waals surface area contributed by atoms with Crippen LogP contribution < -0.4 is 0 Å². The largest absolute Gasteiger partial charge is 0.414 e. The molecule has 6 heteroatoms. The number of hydrogen-bond acceptors (Lipinski definition) is 4. The summed E-state index contributed by atoms with van der Waals surface area (Å²) in [5.74, 6) is -0.519. The summed E-state index contributed by atoms with van der Waals surface area (Å²) in [5.41, 5.74) is 0. The highest BCUT2D eigenvalue weighted by Gasteiger charge is 2.48. The van der Waals surface area contributed by atoms with Gasteiger partial charge in [-0.1, -0.05) is 52.8 Å². The fraction of sp³-hybridized carbons (Fsp3) is 0.714. The summed E-state index contributed by atoms with van der Waals surface area (Å²) < 4.78 is 33.6. The van der Waals surface area contributed by atoms with Crippen molar-refractivity contribution >= 4 is 18.2 Å². The smallest absolute Gasteiger partial charge is 0.192 e. The van der Waals surface area contributed by atoms with Gasteiger partial charge in [0.05, 0.1) is 16.2 Å². The highest BCUT2D eigenvalue weighted by atomic mass is 32.2. The van der Waals surface area contributed by atoms with E-state index in [9.17, 15) is 13.5 Å². The maximum Gasteiger partial charge on any atom is 0.192 e. The molecule has 0 heterocycles. The van der Waals surface area contributed by atoms with Crippen LogP contribution in [0.3, 0.4) is 0 Å². The van der Waals surface area contributed by atoms with Gasteiger partial charge in [-0.15, -0.1) is 0 Å². The molecular formula is C21H36O4SSi. The predicted octanol–water partition coefficient (Wildman–Crippen LogP) is 4.65. The highest BCUT2D eigenvalue weighted by molar-refractivity contribution is 7.92.